The Hall–Kier alpha value is -2.01. The number of ether oxygens (including phenoxy) is 1. The molecular weight excluding hydrogens is 298 g/mol. The van der Waals surface area contributed by atoms with Gasteiger partial charge in [0, 0.05) is 17.1 Å². The first-order chi connectivity index (χ1) is 10.5. The van der Waals surface area contributed by atoms with Gasteiger partial charge in [-0.05, 0) is 43.9 Å². The SMILES string of the molecule is CCN1C(=O)/C(=C\c2ccc(SC)cc2)C(C(=O)OC)=C1C. The molecule has 1 aromatic carbocycles. The fourth-order valence-electron chi connectivity index (χ4n) is 2.48. The first kappa shape index (κ1) is 16.4. The van der Waals surface area contributed by atoms with E-state index < -0.39 is 5.97 Å². The fraction of sp³-hybridized carbons (Fsp3) is 0.294. The van der Waals surface area contributed by atoms with Crippen molar-refractivity contribution in [2.45, 2.75) is 18.7 Å². The van der Waals surface area contributed by atoms with Gasteiger partial charge >= 0.3 is 5.97 Å². The number of likely N-dealkylation sites (N-methyl/N-ethyl adjacent to an activating group) is 1. The monoisotopic (exact) mass is 317 g/mol. The van der Waals surface area contributed by atoms with Gasteiger partial charge in [0.05, 0.1) is 18.3 Å². The molecule has 5 heteroatoms. The Bertz CT molecular complexity index is 659. The summed E-state index contributed by atoms with van der Waals surface area (Å²) in [5, 5.41) is 0. The van der Waals surface area contributed by atoms with Crippen LogP contribution in [0.15, 0.2) is 46.0 Å². The van der Waals surface area contributed by atoms with Gasteiger partial charge in [-0.15, -0.1) is 11.8 Å². The van der Waals surface area contributed by atoms with Crippen molar-refractivity contribution in [3.8, 4) is 0 Å². The van der Waals surface area contributed by atoms with Crippen LogP contribution in [0, 0.1) is 0 Å². The van der Waals surface area contributed by atoms with Crippen molar-refractivity contribution in [1.82, 2.24) is 4.90 Å². The smallest absolute Gasteiger partial charge is 0.340 e. The van der Waals surface area contributed by atoms with Crippen LogP contribution >= 0.6 is 11.8 Å². The van der Waals surface area contributed by atoms with E-state index in [4.69, 9.17) is 4.74 Å². The Labute approximate surface area is 134 Å². The van der Waals surface area contributed by atoms with E-state index in [1.54, 1.807) is 29.7 Å². The molecule has 0 bridgehead atoms. The van der Waals surface area contributed by atoms with Crippen molar-refractivity contribution in [2.75, 3.05) is 19.9 Å². The summed E-state index contributed by atoms with van der Waals surface area (Å²) >= 11 is 1.65. The molecule has 0 unspecified atom stereocenters. The number of carbonyl (C=O) groups excluding carboxylic acids is 2. The maximum Gasteiger partial charge on any atom is 0.340 e. The van der Waals surface area contributed by atoms with Gasteiger partial charge in [-0.2, -0.15) is 0 Å². The highest BCUT2D eigenvalue weighted by molar-refractivity contribution is 7.98. The minimum atomic E-state index is -0.478. The van der Waals surface area contributed by atoms with Crippen molar-refractivity contribution in [1.29, 1.82) is 0 Å². The van der Waals surface area contributed by atoms with Crippen LogP contribution in [0.1, 0.15) is 19.4 Å². The van der Waals surface area contributed by atoms with Gasteiger partial charge in [0.15, 0.2) is 0 Å². The van der Waals surface area contributed by atoms with Gasteiger partial charge in [-0.1, -0.05) is 12.1 Å². The third-order valence-corrected chi connectivity index (χ3v) is 4.39. The molecule has 4 nitrogen and oxygen atoms in total. The number of carbonyl (C=O) groups is 2. The fourth-order valence-corrected chi connectivity index (χ4v) is 2.88. The Balaban J connectivity index is 2.48. The summed E-state index contributed by atoms with van der Waals surface area (Å²) < 4.78 is 4.83. The molecule has 1 aliphatic rings. The van der Waals surface area contributed by atoms with Crippen LogP contribution in [0.4, 0.5) is 0 Å². The third kappa shape index (κ3) is 2.95. The summed E-state index contributed by atoms with van der Waals surface area (Å²) in [6.07, 6.45) is 3.76. The summed E-state index contributed by atoms with van der Waals surface area (Å²) in [4.78, 5) is 27.3. The normalized spacial score (nSPS) is 16.6. The van der Waals surface area contributed by atoms with Crippen LogP contribution in [0.3, 0.4) is 0 Å². The van der Waals surface area contributed by atoms with Crippen molar-refractivity contribution in [2.24, 2.45) is 0 Å². The molecule has 1 amide bonds. The number of benzene rings is 1. The van der Waals surface area contributed by atoms with E-state index in [2.05, 4.69) is 0 Å². The third-order valence-electron chi connectivity index (χ3n) is 3.64. The summed E-state index contributed by atoms with van der Waals surface area (Å²) in [7, 11) is 1.33. The molecule has 2 rings (SSSR count). The van der Waals surface area contributed by atoms with E-state index in [0.29, 0.717) is 23.4 Å². The maximum absolute atomic E-state index is 12.5. The molecular formula is C17H19NO3S. The lowest BCUT2D eigenvalue weighted by Gasteiger charge is -2.14. The van der Waals surface area contributed by atoms with Crippen molar-refractivity contribution < 1.29 is 14.3 Å². The Morgan fingerprint density at radius 1 is 1.32 bits per heavy atom. The Morgan fingerprint density at radius 3 is 2.45 bits per heavy atom. The molecule has 116 valence electrons. The molecule has 0 N–H and O–H groups in total. The standard InChI is InChI=1S/C17H19NO3S/c1-5-18-11(2)15(17(20)21-3)14(16(18)19)10-12-6-8-13(22-4)9-7-12/h6-10H,5H2,1-4H3/b14-10-. The number of esters is 1. The molecule has 0 spiro atoms. The van der Waals surface area contributed by atoms with Crippen molar-refractivity contribution in [3.63, 3.8) is 0 Å². The molecule has 1 aromatic rings. The van der Waals surface area contributed by atoms with Crippen LogP contribution in [0.25, 0.3) is 6.08 Å². The second-order valence-electron chi connectivity index (χ2n) is 4.83. The number of amides is 1. The molecule has 0 aliphatic carbocycles. The van der Waals surface area contributed by atoms with Gasteiger partial charge < -0.3 is 9.64 Å². The van der Waals surface area contributed by atoms with Crippen LogP contribution in [-0.4, -0.2) is 36.7 Å². The van der Waals surface area contributed by atoms with Crippen LogP contribution < -0.4 is 0 Å². The lowest BCUT2D eigenvalue weighted by atomic mass is 10.0. The summed E-state index contributed by atoms with van der Waals surface area (Å²) in [5.41, 5.74) is 2.27. The number of allylic oxidation sites excluding steroid dienone is 1. The zero-order valence-corrected chi connectivity index (χ0v) is 14.0. The second kappa shape index (κ2) is 6.83. The molecule has 0 atom stereocenters. The van der Waals surface area contributed by atoms with Crippen molar-refractivity contribution >= 4 is 29.7 Å². The van der Waals surface area contributed by atoms with Gasteiger partial charge in [0.1, 0.15) is 0 Å². The van der Waals surface area contributed by atoms with Crippen molar-refractivity contribution in [3.05, 3.63) is 46.7 Å². The van der Waals surface area contributed by atoms with Crippen LogP contribution in [0.5, 0.6) is 0 Å². The first-order valence-electron chi connectivity index (χ1n) is 7.00. The minimum Gasteiger partial charge on any atom is -0.465 e. The Kier molecular flexibility index (Phi) is 5.08. The minimum absolute atomic E-state index is 0.158. The molecule has 0 fully saturated rings. The first-order valence-corrected chi connectivity index (χ1v) is 8.23. The van der Waals surface area contributed by atoms with Gasteiger partial charge in [0.2, 0.25) is 0 Å². The molecule has 1 heterocycles. The maximum atomic E-state index is 12.5. The molecule has 0 saturated carbocycles. The predicted molar refractivity (Wildman–Crippen MR) is 88.3 cm³/mol. The summed E-state index contributed by atoms with van der Waals surface area (Å²) in [5.74, 6) is -0.636. The topological polar surface area (TPSA) is 46.6 Å². The van der Waals surface area contributed by atoms with E-state index >= 15 is 0 Å². The number of hydrogen-bond donors (Lipinski definition) is 0. The highest BCUT2D eigenvalue weighted by Crippen LogP contribution is 2.31. The van der Waals surface area contributed by atoms with Crippen LogP contribution in [-0.2, 0) is 14.3 Å². The average molecular weight is 317 g/mol. The van der Waals surface area contributed by atoms with E-state index in [1.165, 1.54) is 7.11 Å². The van der Waals surface area contributed by atoms with E-state index in [-0.39, 0.29) is 5.91 Å². The van der Waals surface area contributed by atoms with Gasteiger partial charge in [-0.3, -0.25) is 4.79 Å². The lowest BCUT2D eigenvalue weighted by molar-refractivity contribution is -0.136. The lowest BCUT2D eigenvalue weighted by Crippen LogP contribution is -2.24. The van der Waals surface area contributed by atoms with Gasteiger partial charge in [0.25, 0.3) is 5.91 Å². The summed E-state index contributed by atoms with van der Waals surface area (Å²) in [6.45, 7) is 4.17. The number of thioether (sulfide) groups is 1. The zero-order valence-electron chi connectivity index (χ0n) is 13.2. The van der Waals surface area contributed by atoms with E-state index in [1.807, 2.05) is 37.4 Å². The number of nitrogens with zero attached hydrogens (tertiary/aromatic N) is 1. The predicted octanol–water partition coefficient (Wildman–Crippen LogP) is 3.10. The summed E-state index contributed by atoms with van der Waals surface area (Å²) in [6, 6.07) is 7.85. The zero-order chi connectivity index (χ0) is 16.3. The highest BCUT2D eigenvalue weighted by atomic mass is 32.2. The Morgan fingerprint density at radius 2 is 1.95 bits per heavy atom. The second-order valence-corrected chi connectivity index (χ2v) is 5.71. The van der Waals surface area contributed by atoms with Crippen LogP contribution in [0.2, 0.25) is 0 Å². The molecule has 0 radical (unpaired) electrons. The highest BCUT2D eigenvalue weighted by Gasteiger charge is 2.35. The van der Waals surface area contributed by atoms with Gasteiger partial charge in [-0.25, -0.2) is 4.79 Å². The number of hydrogen-bond acceptors (Lipinski definition) is 4. The average Bonchev–Trinajstić information content (AvgIpc) is 2.77. The molecule has 0 aromatic heterocycles. The quantitative estimate of drug-likeness (QED) is 0.486. The van der Waals surface area contributed by atoms with E-state index in [0.717, 1.165) is 10.5 Å². The van der Waals surface area contributed by atoms with E-state index in [9.17, 15) is 9.59 Å². The number of methoxy groups -OCH3 is 1. The molecule has 1 aliphatic heterocycles. The number of rotatable bonds is 4. The largest absolute Gasteiger partial charge is 0.465 e. The molecule has 22 heavy (non-hydrogen) atoms. The molecule has 0 saturated heterocycles.